The van der Waals surface area contributed by atoms with Gasteiger partial charge in [-0.2, -0.15) is 12.6 Å². The number of amides is 2. The minimum Gasteiger partial charge on any atom is -0.392 e. The summed E-state index contributed by atoms with van der Waals surface area (Å²) in [4.78, 5) is 33.1. The summed E-state index contributed by atoms with van der Waals surface area (Å²) < 4.78 is 0. The van der Waals surface area contributed by atoms with Crippen molar-refractivity contribution in [1.82, 2.24) is 10.3 Å². The third-order valence-corrected chi connectivity index (χ3v) is 7.07. The van der Waals surface area contributed by atoms with Crippen LogP contribution in [0.15, 0.2) is 48.8 Å². The highest BCUT2D eigenvalue weighted by atomic mass is 32.1. The number of aliphatic hydroxyl groups is 1. The molecule has 1 aromatic heterocycles. The molecule has 2 aromatic rings. The number of benzene rings is 1. The summed E-state index contributed by atoms with van der Waals surface area (Å²) in [6.45, 7) is 7.90. The van der Waals surface area contributed by atoms with Crippen LogP contribution in [0, 0.1) is 0 Å². The molecule has 1 aliphatic rings. The lowest BCUT2D eigenvalue weighted by Gasteiger charge is -2.35. The summed E-state index contributed by atoms with van der Waals surface area (Å²) in [5.74, 6) is -0.686. The maximum Gasteiger partial charge on any atom is 0.248 e. The maximum absolute atomic E-state index is 13.7. The number of nitrogens with one attached hydrogen (secondary N) is 1. The number of rotatable bonds is 7. The molecule has 1 fully saturated rings. The van der Waals surface area contributed by atoms with Crippen LogP contribution in [0.2, 0.25) is 0 Å². The number of anilines is 1. The van der Waals surface area contributed by atoms with E-state index in [-0.39, 0.29) is 17.4 Å². The number of aromatic nitrogens is 1. The van der Waals surface area contributed by atoms with Crippen LogP contribution >= 0.6 is 12.6 Å². The monoisotopic (exact) mass is 483 g/mol. The van der Waals surface area contributed by atoms with Gasteiger partial charge in [-0.05, 0) is 48.9 Å². The Balaban J connectivity index is 2.07. The standard InChI is InChI=1S/C27H37N3O3S/c1-18(31)24(34)26(33)30(22-14-12-20(13-15-22)27(2,3)4)23(19-9-8-16-28-17-19)25(32)29-21-10-6-5-7-11-21/h8-9,12-18,21,23-24,31,34H,5-7,10-11H2,1-4H3,(H,29,32)/t18-,23-,24-/m1/s1. The first-order valence-corrected chi connectivity index (χ1v) is 12.6. The van der Waals surface area contributed by atoms with Gasteiger partial charge >= 0.3 is 0 Å². The van der Waals surface area contributed by atoms with E-state index in [1.807, 2.05) is 24.3 Å². The van der Waals surface area contributed by atoms with Gasteiger partial charge in [0.1, 0.15) is 11.3 Å². The lowest BCUT2D eigenvalue weighted by molar-refractivity contribution is -0.127. The molecule has 0 saturated heterocycles. The molecule has 1 aromatic carbocycles. The zero-order chi connectivity index (χ0) is 24.9. The van der Waals surface area contributed by atoms with Crippen molar-refractivity contribution in [3.8, 4) is 0 Å². The van der Waals surface area contributed by atoms with Crippen LogP contribution in [0.1, 0.15) is 77.0 Å². The number of carbonyl (C=O) groups excluding carboxylic acids is 2. The van der Waals surface area contributed by atoms with Gasteiger partial charge in [0.15, 0.2) is 0 Å². The molecule has 184 valence electrons. The zero-order valence-corrected chi connectivity index (χ0v) is 21.5. The second-order valence-corrected chi connectivity index (χ2v) is 10.8. The molecule has 1 aliphatic carbocycles. The van der Waals surface area contributed by atoms with Crippen LogP contribution in [-0.4, -0.2) is 39.3 Å². The van der Waals surface area contributed by atoms with Gasteiger partial charge in [0, 0.05) is 29.7 Å². The average Bonchev–Trinajstić information content (AvgIpc) is 2.82. The predicted molar refractivity (Wildman–Crippen MR) is 139 cm³/mol. The van der Waals surface area contributed by atoms with E-state index in [9.17, 15) is 14.7 Å². The number of thiol groups is 1. The summed E-state index contributed by atoms with van der Waals surface area (Å²) in [5, 5.41) is 12.3. The molecule has 0 spiro atoms. The Hall–Kier alpha value is -2.38. The molecule has 3 atom stereocenters. The summed E-state index contributed by atoms with van der Waals surface area (Å²) in [5.41, 5.74) is 2.24. The molecule has 2 N–H and O–H groups in total. The number of hydrogen-bond donors (Lipinski definition) is 3. The van der Waals surface area contributed by atoms with Crippen LogP contribution in [0.4, 0.5) is 5.69 Å². The predicted octanol–water partition coefficient (Wildman–Crippen LogP) is 4.58. The molecule has 2 amide bonds. The molecule has 6 nitrogen and oxygen atoms in total. The maximum atomic E-state index is 13.7. The first-order valence-electron chi connectivity index (χ1n) is 12.1. The van der Waals surface area contributed by atoms with E-state index in [0.29, 0.717) is 11.3 Å². The van der Waals surface area contributed by atoms with Crippen molar-refractivity contribution in [2.75, 3.05) is 4.90 Å². The summed E-state index contributed by atoms with van der Waals surface area (Å²) in [7, 11) is 0. The molecule has 0 radical (unpaired) electrons. The van der Waals surface area contributed by atoms with Gasteiger partial charge in [-0.15, -0.1) is 0 Å². The lowest BCUT2D eigenvalue weighted by atomic mass is 9.87. The number of aliphatic hydroxyl groups excluding tert-OH is 1. The Kier molecular flexibility index (Phi) is 8.77. The molecule has 0 aliphatic heterocycles. The van der Waals surface area contributed by atoms with Crippen molar-refractivity contribution in [3.05, 3.63) is 59.9 Å². The SMILES string of the molecule is C[C@@H](O)[C@@H](S)C(=O)N(c1ccc(C(C)(C)C)cc1)[C@@H](C(=O)NC1CCCCC1)c1cccnc1. The van der Waals surface area contributed by atoms with E-state index in [4.69, 9.17) is 0 Å². The third kappa shape index (κ3) is 6.39. The van der Waals surface area contributed by atoms with Crippen molar-refractivity contribution in [3.63, 3.8) is 0 Å². The molecular weight excluding hydrogens is 446 g/mol. The van der Waals surface area contributed by atoms with E-state index in [0.717, 1.165) is 31.2 Å². The van der Waals surface area contributed by atoms with Gasteiger partial charge < -0.3 is 10.4 Å². The molecular formula is C27H37N3O3S. The minimum absolute atomic E-state index is 0.0554. The van der Waals surface area contributed by atoms with Crippen LogP contribution in [-0.2, 0) is 15.0 Å². The lowest BCUT2D eigenvalue weighted by Crippen LogP contribution is -2.50. The summed E-state index contributed by atoms with van der Waals surface area (Å²) >= 11 is 4.39. The number of pyridine rings is 1. The van der Waals surface area contributed by atoms with Crippen LogP contribution in [0.3, 0.4) is 0 Å². The third-order valence-electron chi connectivity index (χ3n) is 6.42. The zero-order valence-electron chi connectivity index (χ0n) is 20.6. The van der Waals surface area contributed by atoms with Gasteiger partial charge in [-0.3, -0.25) is 19.5 Å². The van der Waals surface area contributed by atoms with Crippen LogP contribution < -0.4 is 10.2 Å². The second-order valence-electron chi connectivity index (χ2n) is 10.2. The van der Waals surface area contributed by atoms with E-state index >= 15 is 0 Å². The Morgan fingerprint density at radius 2 is 1.76 bits per heavy atom. The molecule has 7 heteroatoms. The first-order chi connectivity index (χ1) is 16.1. The van der Waals surface area contributed by atoms with Gasteiger partial charge in [0.2, 0.25) is 11.8 Å². The van der Waals surface area contributed by atoms with Crippen molar-refractivity contribution in [2.24, 2.45) is 0 Å². The second kappa shape index (κ2) is 11.4. The van der Waals surface area contributed by atoms with Crippen LogP contribution in [0.5, 0.6) is 0 Å². The van der Waals surface area contributed by atoms with Gasteiger partial charge in [0.05, 0.1) is 6.10 Å². The summed E-state index contributed by atoms with van der Waals surface area (Å²) in [6, 6.07) is 10.4. The first kappa shape index (κ1) is 26.2. The molecule has 3 rings (SSSR count). The highest BCUT2D eigenvalue weighted by Crippen LogP contribution is 2.32. The molecule has 1 saturated carbocycles. The molecule has 0 bridgehead atoms. The van der Waals surface area contributed by atoms with Crippen molar-refractivity contribution >= 4 is 30.1 Å². The van der Waals surface area contributed by atoms with Crippen molar-refractivity contribution in [2.45, 2.75) is 88.7 Å². The Labute approximate surface area is 208 Å². The molecule has 1 heterocycles. The van der Waals surface area contributed by atoms with E-state index in [1.54, 1.807) is 24.5 Å². The van der Waals surface area contributed by atoms with Crippen LogP contribution in [0.25, 0.3) is 0 Å². The van der Waals surface area contributed by atoms with E-state index in [2.05, 4.69) is 43.7 Å². The normalized spacial score (nSPS) is 17.5. The highest BCUT2D eigenvalue weighted by Gasteiger charge is 2.37. The Morgan fingerprint density at radius 3 is 2.29 bits per heavy atom. The van der Waals surface area contributed by atoms with E-state index < -0.39 is 23.3 Å². The van der Waals surface area contributed by atoms with Crippen molar-refractivity contribution < 1.29 is 14.7 Å². The number of hydrogen-bond acceptors (Lipinski definition) is 5. The average molecular weight is 484 g/mol. The number of nitrogens with zero attached hydrogens (tertiary/aromatic N) is 2. The fourth-order valence-corrected chi connectivity index (χ4v) is 4.48. The molecule has 0 unspecified atom stereocenters. The Bertz CT molecular complexity index is 951. The summed E-state index contributed by atoms with van der Waals surface area (Å²) in [6.07, 6.45) is 7.49. The van der Waals surface area contributed by atoms with E-state index in [1.165, 1.54) is 18.2 Å². The largest absolute Gasteiger partial charge is 0.392 e. The van der Waals surface area contributed by atoms with Gasteiger partial charge in [-0.25, -0.2) is 0 Å². The van der Waals surface area contributed by atoms with Crippen molar-refractivity contribution in [1.29, 1.82) is 0 Å². The molecule has 34 heavy (non-hydrogen) atoms. The van der Waals surface area contributed by atoms with Gasteiger partial charge in [-0.1, -0.05) is 58.2 Å². The topological polar surface area (TPSA) is 82.5 Å². The van der Waals surface area contributed by atoms with Gasteiger partial charge in [0.25, 0.3) is 0 Å². The minimum atomic E-state index is -0.983. The fourth-order valence-electron chi connectivity index (χ4n) is 4.36. The Morgan fingerprint density at radius 1 is 1.12 bits per heavy atom. The fraction of sp³-hybridized carbons (Fsp3) is 0.519. The highest BCUT2D eigenvalue weighted by molar-refractivity contribution is 7.81. The quantitative estimate of drug-likeness (QED) is 0.504. The number of carbonyl (C=O) groups is 2. The smallest absolute Gasteiger partial charge is 0.248 e.